The van der Waals surface area contributed by atoms with Gasteiger partial charge in [-0.25, -0.2) is 0 Å². The zero-order valence-corrected chi connectivity index (χ0v) is 9.62. The van der Waals surface area contributed by atoms with E-state index in [-0.39, 0.29) is 24.3 Å². The van der Waals surface area contributed by atoms with E-state index in [0.717, 1.165) is 11.3 Å². The number of nitrogens with two attached hydrogens (primary N) is 1. The van der Waals surface area contributed by atoms with Crippen molar-refractivity contribution in [3.63, 3.8) is 0 Å². The monoisotopic (exact) mass is 233 g/mol. The Balaban J connectivity index is 2.06. The van der Waals surface area contributed by atoms with Gasteiger partial charge in [-0.1, -0.05) is 0 Å². The van der Waals surface area contributed by atoms with Crippen LogP contribution in [0, 0.1) is 0 Å². The van der Waals surface area contributed by atoms with Crippen LogP contribution in [0.5, 0.6) is 0 Å². The zero-order valence-electron chi connectivity index (χ0n) is 9.62. The number of nitrogens with one attached hydrogen (secondary N) is 2. The molecule has 0 spiro atoms. The molecule has 2 rings (SSSR count). The molecule has 1 aromatic carbocycles. The molecule has 2 amide bonds. The molecule has 5 nitrogen and oxygen atoms in total. The van der Waals surface area contributed by atoms with Gasteiger partial charge in [-0.15, -0.1) is 0 Å². The van der Waals surface area contributed by atoms with Gasteiger partial charge >= 0.3 is 0 Å². The first-order valence-electron chi connectivity index (χ1n) is 5.53. The quantitative estimate of drug-likeness (QED) is 0.723. The fraction of sp³-hybridized carbons (Fsp3) is 0.333. The molecule has 5 heteroatoms. The van der Waals surface area contributed by atoms with E-state index in [9.17, 15) is 9.59 Å². The van der Waals surface area contributed by atoms with Crippen molar-refractivity contribution in [2.75, 3.05) is 10.6 Å². The Morgan fingerprint density at radius 1 is 1.59 bits per heavy atom. The lowest BCUT2D eigenvalue weighted by Gasteiger charge is -2.08. The van der Waals surface area contributed by atoms with Crippen molar-refractivity contribution < 1.29 is 9.59 Å². The van der Waals surface area contributed by atoms with Crippen LogP contribution in [0.4, 0.5) is 11.4 Å². The second-order valence-electron chi connectivity index (χ2n) is 4.33. The number of carbonyl (C=O) groups excluding carboxylic acids is 2. The average Bonchev–Trinajstić information content (AvgIpc) is 2.55. The van der Waals surface area contributed by atoms with Crippen molar-refractivity contribution in [1.82, 2.24) is 0 Å². The highest BCUT2D eigenvalue weighted by Crippen LogP contribution is 2.25. The summed E-state index contributed by atoms with van der Waals surface area (Å²) in [5.41, 5.74) is 7.97. The Morgan fingerprint density at radius 3 is 3.06 bits per heavy atom. The summed E-state index contributed by atoms with van der Waals surface area (Å²) < 4.78 is 0. The van der Waals surface area contributed by atoms with Gasteiger partial charge in [0.15, 0.2) is 0 Å². The fourth-order valence-electron chi connectivity index (χ4n) is 1.81. The number of hydrogen-bond acceptors (Lipinski definition) is 3. The Morgan fingerprint density at radius 2 is 2.35 bits per heavy atom. The van der Waals surface area contributed by atoms with Crippen LogP contribution in [0.25, 0.3) is 0 Å². The van der Waals surface area contributed by atoms with Crippen molar-refractivity contribution in [2.45, 2.75) is 25.8 Å². The molecule has 0 bridgehead atoms. The SMILES string of the molecule is CC(N)CC(=O)Nc1ccc2c(c1)CC(=O)N2. The van der Waals surface area contributed by atoms with Crippen molar-refractivity contribution in [3.05, 3.63) is 23.8 Å². The Bertz CT molecular complexity index is 469. The first kappa shape index (κ1) is 11.6. The minimum absolute atomic E-state index is 0.0148. The first-order chi connectivity index (χ1) is 8.04. The van der Waals surface area contributed by atoms with E-state index in [1.165, 1.54) is 0 Å². The van der Waals surface area contributed by atoms with Gasteiger partial charge in [0.1, 0.15) is 0 Å². The van der Waals surface area contributed by atoms with Crippen LogP contribution in [0.2, 0.25) is 0 Å². The molecule has 0 fully saturated rings. The molecule has 1 atom stereocenters. The summed E-state index contributed by atoms with van der Waals surface area (Å²) in [6.07, 6.45) is 0.653. The highest BCUT2D eigenvalue weighted by atomic mass is 16.2. The minimum Gasteiger partial charge on any atom is -0.327 e. The summed E-state index contributed by atoms with van der Waals surface area (Å²) in [4.78, 5) is 22.7. The first-order valence-corrected chi connectivity index (χ1v) is 5.53. The normalized spacial score (nSPS) is 15.1. The molecular formula is C12H15N3O2. The molecule has 17 heavy (non-hydrogen) atoms. The number of hydrogen-bond donors (Lipinski definition) is 3. The summed E-state index contributed by atoms with van der Waals surface area (Å²) in [7, 11) is 0. The summed E-state index contributed by atoms with van der Waals surface area (Å²) in [5, 5.41) is 5.50. The fourth-order valence-corrected chi connectivity index (χ4v) is 1.81. The third-order valence-electron chi connectivity index (χ3n) is 2.52. The van der Waals surface area contributed by atoms with Crippen molar-refractivity contribution in [1.29, 1.82) is 0 Å². The van der Waals surface area contributed by atoms with Gasteiger partial charge in [-0.05, 0) is 30.7 Å². The van der Waals surface area contributed by atoms with Gasteiger partial charge in [0.2, 0.25) is 11.8 Å². The Kier molecular flexibility index (Phi) is 3.10. The molecular weight excluding hydrogens is 218 g/mol. The Labute approximate surface area is 99.4 Å². The lowest BCUT2D eigenvalue weighted by molar-refractivity contribution is -0.116. The number of carbonyl (C=O) groups is 2. The highest BCUT2D eigenvalue weighted by Gasteiger charge is 2.17. The molecule has 90 valence electrons. The molecule has 0 aromatic heterocycles. The number of fused-ring (bicyclic) bond motifs is 1. The van der Waals surface area contributed by atoms with Gasteiger partial charge in [-0.3, -0.25) is 9.59 Å². The van der Waals surface area contributed by atoms with Crippen LogP contribution in [0.15, 0.2) is 18.2 Å². The molecule has 0 saturated carbocycles. The van der Waals surface area contributed by atoms with E-state index in [2.05, 4.69) is 10.6 Å². The average molecular weight is 233 g/mol. The molecule has 1 heterocycles. The lowest BCUT2D eigenvalue weighted by Crippen LogP contribution is -2.23. The predicted octanol–water partition coefficient (Wildman–Crippen LogP) is 0.857. The zero-order chi connectivity index (χ0) is 12.4. The minimum atomic E-state index is -0.160. The lowest BCUT2D eigenvalue weighted by atomic mass is 10.1. The summed E-state index contributed by atoms with van der Waals surface area (Å²) in [5.74, 6) is -0.128. The maximum Gasteiger partial charge on any atom is 0.228 e. The summed E-state index contributed by atoms with van der Waals surface area (Å²) in [6.45, 7) is 1.78. The van der Waals surface area contributed by atoms with Gasteiger partial charge in [-0.2, -0.15) is 0 Å². The van der Waals surface area contributed by atoms with Gasteiger partial charge < -0.3 is 16.4 Å². The van der Waals surface area contributed by atoms with Crippen molar-refractivity contribution in [3.8, 4) is 0 Å². The highest BCUT2D eigenvalue weighted by molar-refractivity contribution is 6.00. The van der Waals surface area contributed by atoms with E-state index in [1.54, 1.807) is 19.1 Å². The van der Waals surface area contributed by atoms with E-state index in [4.69, 9.17) is 5.73 Å². The molecule has 0 saturated heterocycles. The maximum atomic E-state index is 11.5. The van der Waals surface area contributed by atoms with Gasteiger partial charge in [0, 0.05) is 23.8 Å². The summed E-state index contributed by atoms with van der Waals surface area (Å²) >= 11 is 0. The molecule has 0 radical (unpaired) electrons. The van der Waals surface area contributed by atoms with Gasteiger partial charge in [0.05, 0.1) is 6.42 Å². The van der Waals surface area contributed by atoms with Crippen LogP contribution in [0.3, 0.4) is 0 Å². The van der Waals surface area contributed by atoms with Crippen LogP contribution < -0.4 is 16.4 Å². The second kappa shape index (κ2) is 4.55. The third kappa shape index (κ3) is 2.82. The van der Waals surface area contributed by atoms with Crippen molar-refractivity contribution >= 4 is 23.2 Å². The van der Waals surface area contributed by atoms with Crippen LogP contribution >= 0.6 is 0 Å². The molecule has 1 aromatic rings. The number of rotatable bonds is 3. The Hall–Kier alpha value is -1.88. The van der Waals surface area contributed by atoms with E-state index >= 15 is 0 Å². The summed E-state index contributed by atoms with van der Waals surface area (Å²) in [6, 6.07) is 5.21. The van der Waals surface area contributed by atoms with Crippen molar-refractivity contribution in [2.24, 2.45) is 5.73 Å². The molecule has 1 aliphatic rings. The van der Waals surface area contributed by atoms with Gasteiger partial charge in [0.25, 0.3) is 0 Å². The molecule has 4 N–H and O–H groups in total. The molecule has 1 aliphatic heterocycles. The van der Waals surface area contributed by atoms with E-state index in [0.29, 0.717) is 12.1 Å². The standard InChI is InChI=1S/C12H15N3O2/c1-7(13)4-11(16)14-9-2-3-10-8(5-9)6-12(17)15-10/h2-3,5,7H,4,6,13H2,1H3,(H,14,16)(H,15,17). The predicted molar refractivity (Wildman–Crippen MR) is 65.7 cm³/mol. The number of amides is 2. The largest absolute Gasteiger partial charge is 0.327 e. The third-order valence-corrected chi connectivity index (χ3v) is 2.52. The topological polar surface area (TPSA) is 84.2 Å². The number of anilines is 2. The van der Waals surface area contributed by atoms with Crippen LogP contribution in [-0.2, 0) is 16.0 Å². The van der Waals surface area contributed by atoms with Crippen LogP contribution in [0.1, 0.15) is 18.9 Å². The molecule has 0 aliphatic carbocycles. The second-order valence-corrected chi connectivity index (χ2v) is 4.33. The van der Waals surface area contributed by atoms with E-state index in [1.807, 2.05) is 6.07 Å². The van der Waals surface area contributed by atoms with E-state index < -0.39 is 0 Å². The number of benzene rings is 1. The maximum absolute atomic E-state index is 11.5. The molecule has 1 unspecified atom stereocenters. The smallest absolute Gasteiger partial charge is 0.228 e. The van der Waals surface area contributed by atoms with Crippen LogP contribution in [-0.4, -0.2) is 17.9 Å².